The smallest absolute Gasteiger partial charge is 0.332 e. The Balaban J connectivity index is 1.82. The Morgan fingerprint density at radius 2 is 1.64 bits per heavy atom. The molecule has 0 fully saturated rings. The number of sulfone groups is 1. The zero-order valence-corrected chi connectivity index (χ0v) is 16.5. The van der Waals surface area contributed by atoms with E-state index in [0.717, 1.165) is 16.7 Å². The van der Waals surface area contributed by atoms with Gasteiger partial charge in [-0.25, -0.2) is 13.2 Å². The van der Waals surface area contributed by atoms with Gasteiger partial charge in [0.25, 0.3) is 5.91 Å². The second-order valence-electron chi connectivity index (χ2n) is 6.90. The number of anilines is 1. The Morgan fingerprint density at radius 3 is 2.21 bits per heavy atom. The molecule has 0 heterocycles. The van der Waals surface area contributed by atoms with Crippen LogP contribution in [0.2, 0.25) is 0 Å². The first-order chi connectivity index (χ1) is 13.2. The third kappa shape index (κ3) is 4.14. The van der Waals surface area contributed by atoms with Crippen molar-refractivity contribution in [3.63, 3.8) is 0 Å². The molecule has 7 heteroatoms. The van der Waals surface area contributed by atoms with Gasteiger partial charge in [0.2, 0.25) is 0 Å². The highest BCUT2D eigenvalue weighted by Crippen LogP contribution is 2.29. The van der Waals surface area contributed by atoms with Gasteiger partial charge in [0, 0.05) is 23.1 Å². The van der Waals surface area contributed by atoms with Crippen LogP contribution in [-0.4, -0.2) is 31.7 Å². The Bertz CT molecular complexity index is 1080. The average Bonchev–Trinajstić information content (AvgIpc) is 3.11. The van der Waals surface area contributed by atoms with Crippen LogP contribution in [0.5, 0.6) is 0 Å². The molecule has 0 radical (unpaired) electrons. The molecule has 2 N–H and O–H groups in total. The molecule has 0 spiro atoms. The normalized spacial score (nSPS) is 14.2. The van der Waals surface area contributed by atoms with Gasteiger partial charge in [-0.15, -0.1) is 0 Å². The molecule has 28 heavy (non-hydrogen) atoms. The number of benzene rings is 2. The maximum Gasteiger partial charge on any atom is 0.332 e. The van der Waals surface area contributed by atoms with Crippen molar-refractivity contribution in [2.75, 3.05) is 11.6 Å². The number of carboxylic acid groups (broad SMARTS) is 1. The largest absolute Gasteiger partial charge is 0.478 e. The Hall–Kier alpha value is -2.93. The molecule has 1 amide bonds. The highest BCUT2D eigenvalue weighted by molar-refractivity contribution is 7.90. The van der Waals surface area contributed by atoms with Gasteiger partial charge < -0.3 is 10.4 Å². The zero-order chi connectivity index (χ0) is 20.5. The fraction of sp³-hybridized carbons (Fsp3) is 0.238. The Labute approximate surface area is 163 Å². The van der Waals surface area contributed by atoms with E-state index in [-0.39, 0.29) is 16.4 Å². The van der Waals surface area contributed by atoms with Crippen LogP contribution in [0.15, 0.2) is 58.5 Å². The minimum atomic E-state index is -3.24. The molecule has 0 aliphatic heterocycles. The van der Waals surface area contributed by atoms with E-state index in [0.29, 0.717) is 30.5 Å². The predicted octanol–water partition coefficient (Wildman–Crippen LogP) is 3.57. The fourth-order valence-corrected chi connectivity index (χ4v) is 4.01. The molecule has 0 aromatic heterocycles. The number of aryl methyl sites for hydroxylation is 1. The van der Waals surface area contributed by atoms with E-state index in [1.165, 1.54) is 6.26 Å². The molecule has 146 valence electrons. The zero-order valence-electron chi connectivity index (χ0n) is 15.7. The minimum Gasteiger partial charge on any atom is -0.478 e. The third-order valence-electron chi connectivity index (χ3n) is 4.83. The Kier molecular flexibility index (Phi) is 5.38. The van der Waals surface area contributed by atoms with Gasteiger partial charge >= 0.3 is 5.97 Å². The molecule has 1 aliphatic rings. The van der Waals surface area contributed by atoms with Crippen LogP contribution in [0.1, 0.15) is 24.8 Å². The van der Waals surface area contributed by atoms with Crippen LogP contribution in [0.25, 0.3) is 11.1 Å². The lowest BCUT2D eigenvalue weighted by atomic mass is 10.00. The van der Waals surface area contributed by atoms with Gasteiger partial charge in [-0.3, -0.25) is 4.79 Å². The van der Waals surface area contributed by atoms with Gasteiger partial charge in [0.1, 0.15) is 0 Å². The number of carboxylic acids is 1. The summed E-state index contributed by atoms with van der Waals surface area (Å²) in [6, 6.07) is 12.0. The van der Waals surface area contributed by atoms with E-state index in [9.17, 15) is 23.1 Å². The van der Waals surface area contributed by atoms with Crippen molar-refractivity contribution in [3.8, 4) is 11.1 Å². The number of amides is 1. The minimum absolute atomic E-state index is 0.191. The second kappa shape index (κ2) is 7.59. The van der Waals surface area contributed by atoms with Gasteiger partial charge in [-0.1, -0.05) is 18.2 Å². The summed E-state index contributed by atoms with van der Waals surface area (Å²) in [4.78, 5) is 23.9. The maximum absolute atomic E-state index is 12.4. The van der Waals surface area contributed by atoms with E-state index < -0.39 is 15.8 Å². The monoisotopic (exact) mass is 399 g/mol. The van der Waals surface area contributed by atoms with Crippen molar-refractivity contribution in [2.45, 2.75) is 31.1 Å². The molecule has 0 bridgehead atoms. The number of rotatable bonds is 5. The third-order valence-corrected chi connectivity index (χ3v) is 5.96. The molecule has 6 nitrogen and oxygen atoms in total. The molecule has 0 atom stereocenters. The first-order valence-electron chi connectivity index (χ1n) is 8.84. The van der Waals surface area contributed by atoms with E-state index in [1.54, 1.807) is 30.3 Å². The average molecular weight is 399 g/mol. The summed E-state index contributed by atoms with van der Waals surface area (Å²) in [5, 5.41) is 12.0. The first kappa shape index (κ1) is 19.8. The van der Waals surface area contributed by atoms with Crippen LogP contribution in [0, 0.1) is 6.92 Å². The van der Waals surface area contributed by atoms with Crippen LogP contribution < -0.4 is 5.32 Å². The SMILES string of the molecule is Cc1cc(NC(=O)C2=C(C(=O)O)CCC2)ccc1-c1ccc(S(C)(=O)=O)cc1. The first-order valence-corrected chi connectivity index (χ1v) is 10.7. The number of nitrogens with one attached hydrogen (secondary N) is 1. The fourth-order valence-electron chi connectivity index (χ4n) is 3.38. The predicted molar refractivity (Wildman–Crippen MR) is 107 cm³/mol. The Morgan fingerprint density at radius 1 is 1.00 bits per heavy atom. The molecule has 0 unspecified atom stereocenters. The molecule has 1 aliphatic carbocycles. The number of hydrogen-bond donors (Lipinski definition) is 2. The highest BCUT2D eigenvalue weighted by Gasteiger charge is 2.25. The van der Waals surface area contributed by atoms with Gasteiger partial charge in [-0.2, -0.15) is 0 Å². The molecule has 0 saturated heterocycles. The molecule has 2 aromatic rings. The van der Waals surface area contributed by atoms with Crippen LogP contribution >= 0.6 is 0 Å². The van der Waals surface area contributed by atoms with E-state index in [2.05, 4.69) is 5.32 Å². The van der Waals surface area contributed by atoms with Gasteiger partial charge in [0.05, 0.1) is 4.90 Å². The number of hydrogen-bond acceptors (Lipinski definition) is 4. The summed E-state index contributed by atoms with van der Waals surface area (Å²) in [5.41, 5.74) is 3.81. The van der Waals surface area contributed by atoms with Crippen molar-refractivity contribution >= 4 is 27.4 Å². The van der Waals surface area contributed by atoms with Crippen LogP contribution in [-0.2, 0) is 19.4 Å². The number of aliphatic carboxylic acids is 1. The summed E-state index contributed by atoms with van der Waals surface area (Å²) in [6.07, 6.45) is 2.73. The quantitative estimate of drug-likeness (QED) is 0.800. The summed E-state index contributed by atoms with van der Waals surface area (Å²) in [7, 11) is -3.24. The van der Waals surface area contributed by atoms with Gasteiger partial charge in [0.15, 0.2) is 9.84 Å². The number of carbonyl (C=O) groups is 2. The van der Waals surface area contributed by atoms with Gasteiger partial charge in [-0.05, 0) is 67.1 Å². The topological polar surface area (TPSA) is 101 Å². The molecule has 0 saturated carbocycles. The summed E-state index contributed by atoms with van der Waals surface area (Å²) in [5.74, 6) is -1.41. The molecular weight excluding hydrogens is 378 g/mol. The second-order valence-corrected chi connectivity index (χ2v) is 8.91. The van der Waals surface area contributed by atoms with Crippen LogP contribution in [0.4, 0.5) is 5.69 Å². The van der Waals surface area contributed by atoms with Crippen molar-refractivity contribution in [1.29, 1.82) is 0 Å². The van der Waals surface area contributed by atoms with Crippen molar-refractivity contribution in [3.05, 3.63) is 59.2 Å². The maximum atomic E-state index is 12.4. The van der Waals surface area contributed by atoms with Crippen molar-refractivity contribution in [2.24, 2.45) is 0 Å². The van der Waals surface area contributed by atoms with Crippen molar-refractivity contribution in [1.82, 2.24) is 0 Å². The number of carbonyl (C=O) groups excluding carboxylic acids is 1. The summed E-state index contributed by atoms with van der Waals surface area (Å²) in [6.45, 7) is 1.90. The lowest BCUT2D eigenvalue weighted by Gasteiger charge is -2.11. The molecular formula is C21H21NO5S. The van der Waals surface area contributed by atoms with E-state index in [1.807, 2.05) is 19.1 Å². The van der Waals surface area contributed by atoms with Crippen molar-refractivity contribution < 1.29 is 23.1 Å². The lowest BCUT2D eigenvalue weighted by Crippen LogP contribution is -2.16. The molecule has 3 rings (SSSR count). The van der Waals surface area contributed by atoms with E-state index in [4.69, 9.17) is 0 Å². The van der Waals surface area contributed by atoms with Crippen LogP contribution in [0.3, 0.4) is 0 Å². The lowest BCUT2D eigenvalue weighted by molar-refractivity contribution is -0.133. The standard InChI is InChI=1S/C21H21NO5S/c1-13-12-15(22-20(23)18-4-3-5-19(18)21(24)25)8-11-17(13)14-6-9-16(10-7-14)28(2,26)27/h6-12H,3-5H2,1-2H3,(H,22,23)(H,24,25). The highest BCUT2D eigenvalue weighted by atomic mass is 32.2. The van der Waals surface area contributed by atoms with E-state index >= 15 is 0 Å². The summed E-state index contributed by atoms with van der Waals surface area (Å²) < 4.78 is 23.2. The summed E-state index contributed by atoms with van der Waals surface area (Å²) >= 11 is 0. The molecule has 2 aromatic carbocycles.